The average Bonchev–Trinajstić information content (AvgIpc) is 2.83. The molecular weight excluding hydrogens is 327 g/mol. The van der Waals surface area contributed by atoms with Gasteiger partial charge in [-0.05, 0) is 54.8 Å². The molecule has 3 nitrogen and oxygen atoms in total. The molecule has 1 unspecified atom stereocenters. The van der Waals surface area contributed by atoms with Gasteiger partial charge in [0.25, 0.3) is 0 Å². The smallest absolute Gasteiger partial charge is 0.317 e. The van der Waals surface area contributed by atoms with E-state index in [9.17, 15) is 9.18 Å². The Kier molecular flexibility index (Phi) is 5.36. The Morgan fingerprint density at radius 3 is 2.67 bits per heavy atom. The largest absolute Gasteiger partial charge is 0.322 e. The Hall–Kier alpha value is -2.07. The molecule has 126 valence electrons. The van der Waals surface area contributed by atoms with E-state index >= 15 is 0 Å². The van der Waals surface area contributed by atoms with Crippen LogP contribution in [0.2, 0.25) is 5.02 Å². The molecule has 5 heteroatoms. The average molecular weight is 347 g/mol. The summed E-state index contributed by atoms with van der Waals surface area (Å²) in [4.78, 5) is 14.6. The molecule has 3 rings (SSSR count). The van der Waals surface area contributed by atoms with Gasteiger partial charge in [-0.1, -0.05) is 36.6 Å². The van der Waals surface area contributed by atoms with Gasteiger partial charge in [0.15, 0.2) is 0 Å². The van der Waals surface area contributed by atoms with Crippen molar-refractivity contribution in [3.8, 4) is 0 Å². The van der Waals surface area contributed by atoms with Crippen LogP contribution in [0, 0.1) is 5.82 Å². The van der Waals surface area contributed by atoms with E-state index in [1.54, 1.807) is 30.3 Å². The SMILES string of the molecule is O=C(Nc1ccc(Cl)cc1)N1CCCCCC1c1cccc(F)c1. The number of anilines is 1. The molecule has 2 aromatic rings. The maximum Gasteiger partial charge on any atom is 0.322 e. The van der Waals surface area contributed by atoms with E-state index in [4.69, 9.17) is 11.6 Å². The molecule has 1 atom stereocenters. The van der Waals surface area contributed by atoms with Gasteiger partial charge < -0.3 is 10.2 Å². The Labute approximate surface area is 146 Å². The molecule has 2 amide bonds. The highest BCUT2D eigenvalue weighted by Crippen LogP contribution is 2.31. The monoisotopic (exact) mass is 346 g/mol. The van der Waals surface area contributed by atoms with Crippen LogP contribution >= 0.6 is 11.6 Å². The number of urea groups is 1. The molecule has 1 fully saturated rings. The minimum Gasteiger partial charge on any atom is -0.317 e. The van der Waals surface area contributed by atoms with Crippen molar-refractivity contribution in [1.82, 2.24) is 4.90 Å². The second-order valence-corrected chi connectivity index (χ2v) is 6.49. The summed E-state index contributed by atoms with van der Waals surface area (Å²) in [6.07, 6.45) is 3.92. The van der Waals surface area contributed by atoms with Crippen molar-refractivity contribution in [1.29, 1.82) is 0 Å². The molecule has 1 saturated heterocycles. The number of benzene rings is 2. The van der Waals surface area contributed by atoms with E-state index in [-0.39, 0.29) is 17.9 Å². The maximum absolute atomic E-state index is 13.6. The molecule has 1 aliphatic heterocycles. The summed E-state index contributed by atoms with van der Waals surface area (Å²) >= 11 is 5.88. The van der Waals surface area contributed by atoms with Crippen molar-refractivity contribution in [3.63, 3.8) is 0 Å². The number of carbonyl (C=O) groups is 1. The van der Waals surface area contributed by atoms with E-state index in [0.29, 0.717) is 17.3 Å². The first-order chi connectivity index (χ1) is 11.6. The van der Waals surface area contributed by atoms with Gasteiger partial charge >= 0.3 is 6.03 Å². The van der Waals surface area contributed by atoms with Gasteiger partial charge in [0.1, 0.15) is 5.82 Å². The zero-order valence-electron chi connectivity index (χ0n) is 13.3. The summed E-state index contributed by atoms with van der Waals surface area (Å²) in [5.41, 5.74) is 1.55. The standard InChI is InChI=1S/C19H20ClFN2O/c20-15-8-10-17(11-9-15)22-19(24)23-12-3-1-2-7-18(23)14-5-4-6-16(21)13-14/h4-6,8-11,13,18H,1-3,7,12H2,(H,22,24). The van der Waals surface area contributed by atoms with Crippen molar-refractivity contribution in [3.05, 3.63) is 64.9 Å². The second kappa shape index (κ2) is 7.67. The number of hydrogen-bond donors (Lipinski definition) is 1. The molecule has 24 heavy (non-hydrogen) atoms. The van der Waals surface area contributed by atoms with Crippen LogP contribution in [0.1, 0.15) is 37.3 Å². The zero-order valence-corrected chi connectivity index (χ0v) is 14.1. The molecule has 0 radical (unpaired) electrons. The minimum absolute atomic E-state index is 0.101. The van der Waals surface area contributed by atoms with E-state index in [1.165, 1.54) is 12.1 Å². The molecule has 0 saturated carbocycles. The topological polar surface area (TPSA) is 32.3 Å². The lowest BCUT2D eigenvalue weighted by Gasteiger charge is -2.30. The van der Waals surface area contributed by atoms with Crippen LogP contribution in [0.3, 0.4) is 0 Å². The lowest BCUT2D eigenvalue weighted by atomic mass is 10.0. The van der Waals surface area contributed by atoms with Crippen LogP contribution in [-0.4, -0.2) is 17.5 Å². The summed E-state index contributed by atoms with van der Waals surface area (Å²) in [5, 5.41) is 3.54. The quantitative estimate of drug-likeness (QED) is 0.751. The number of nitrogens with one attached hydrogen (secondary N) is 1. The summed E-state index contributed by atoms with van der Waals surface area (Å²) in [7, 11) is 0. The van der Waals surface area contributed by atoms with Gasteiger partial charge in [0.2, 0.25) is 0 Å². The lowest BCUT2D eigenvalue weighted by molar-refractivity contribution is 0.189. The number of nitrogens with zero attached hydrogens (tertiary/aromatic N) is 1. The van der Waals surface area contributed by atoms with Gasteiger partial charge in [-0.2, -0.15) is 0 Å². The van der Waals surface area contributed by atoms with Crippen LogP contribution in [0.4, 0.5) is 14.9 Å². The molecule has 1 aliphatic rings. The fourth-order valence-corrected chi connectivity index (χ4v) is 3.27. The van der Waals surface area contributed by atoms with Crippen molar-refractivity contribution >= 4 is 23.3 Å². The van der Waals surface area contributed by atoms with Gasteiger partial charge in [-0.3, -0.25) is 0 Å². The summed E-state index contributed by atoms with van der Waals surface area (Å²) < 4.78 is 13.6. The first-order valence-electron chi connectivity index (χ1n) is 8.22. The van der Waals surface area contributed by atoms with Gasteiger partial charge in [-0.15, -0.1) is 0 Å². The fraction of sp³-hybridized carbons (Fsp3) is 0.316. The molecule has 2 aromatic carbocycles. The molecule has 0 spiro atoms. The third kappa shape index (κ3) is 4.06. The highest BCUT2D eigenvalue weighted by atomic mass is 35.5. The van der Waals surface area contributed by atoms with Gasteiger partial charge in [0.05, 0.1) is 6.04 Å². The third-order valence-electron chi connectivity index (χ3n) is 4.34. The predicted octanol–water partition coefficient (Wildman–Crippen LogP) is 5.63. The van der Waals surface area contributed by atoms with Crippen LogP contribution in [-0.2, 0) is 0 Å². The summed E-state index contributed by atoms with van der Waals surface area (Å²) in [6, 6.07) is 13.3. The number of amides is 2. The van der Waals surface area contributed by atoms with Crippen molar-refractivity contribution in [2.24, 2.45) is 0 Å². The van der Waals surface area contributed by atoms with Crippen molar-refractivity contribution < 1.29 is 9.18 Å². The number of hydrogen-bond acceptors (Lipinski definition) is 1. The van der Waals surface area contributed by atoms with E-state index in [2.05, 4.69) is 5.32 Å². The highest BCUT2D eigenvalue weighted by molar-refractivity contribution is 6.30. The first-order valence-corrected chi connectivity index (χ1v) is 8.60. The second-order valence-electron chi connectivity index (χ2n) is 6.05. The summed E-state index contributed by atoms with van der Waals surface area (Å²) in [5.74, 6) is -0.269. The Morgan fingerprint density at radius 2 is 1.92 bits per heavy atom. The fourth-order valence-electron chi connectivity index (χ4n) is 3.14. The van der Waals surface area contributed by atoms with Crippen LogP contribution in [0.15, 0.2) is 48.5 Å². The number of rotatable bonds is 2. The summed E-state index contributed by atoms with van der Waals surface area (Å²) in [6.45, 7) is 0.667. The lowest BCUT2D eigenvalue weighted by Crippen LogP contribution is -2.38. The minimum atomic E-state index is -0.269. The van der Waals surface area contributed by atoms with E-state index in [1.807, 2.05) is 11.0 Å². The van der Waals surface area contributed by atoms with E-state index < -0.39 is 0 Å². The van der Waals surface area contributed by atoms with E-state index in [0.717, 1.165) is 31.2 Å². The molecular formula is C19H20ClFN2O. The Bertz CT molecular complexity index is 705. The predicted molar refractivity (Wildman–Crippen MR) is 94.8 cm³/mol. The third-order valence-corrected chi connectivity index (χ3v) is 4.59. The van der Waals surface area contributed by atoms with Crippen LogP contribution in [0.25, 0.3) is 0 Å². The van der Waals surface area contributed by atoms with Crippen molar-refractivity contribution in [2.45, 2.75) is 31.7 Å². The Morgan fingerprint density at radius 1 is 1.12 bits per heavy atom. The van der Waals surface area contributed by atoms with Crippen molar-refractivity contribution in [2.75, 3.05) is 11.9 Å². The molecule has 1 N–H and O–H groups in total. The molecule has 1 heterocycles. The molecule has 0 aromatic heterocycles. The van der Waals surface area contributed by atoms with Gasteiger partial charge in [0, 0.05) is 17.3 Å². The number of carbonyl (C=O) groups excluding carboxylic acids is 1. The van der Waals surface area contributed by atoms with Gasteiger partial charge in [-0.25, -0.2) is 9.18 Å². The molecule has 0 bridgehead atoms. The normalized spacial score (nSPS) is 18.1. The Balaban J connectivity index is 1.81. The maximum atomic E-state index is 13.6. The number of likely N-dealkylation sites (tertiary alicyclic amines) is 1. The zero-order chi connectivity index (χ0) is 16.9. The van der Waals surface area contributed by atoms with Crippen LogP contribution in [0.5, 0.6) is 0 Å². The first kappa shape index (κ1) is 16.8. The molecule has 0 aliphatic carbocycles. The van der Waals surface area contributed by atoms with Crippen LogP contribution < -0.4 is 5.32 Å². The highest BCUT2D eigenvalue weighted by Gasteiger charge is 2.27. The number of halogens is 2.